The maximum atomic E-state index is 9.92. The molecule has 1 fully saturated rings. The maximum absolute atomic E-state index is 9.92. The van der Waals surface area contributed by atoms with Crippen molar-refractivity contribution < 1.29 is 4.79 Å². The minimum Gasteiger partial charge on any atom is -0.302 e. The van der Waals surface area contributed by atoms with Gasteiger partial charge in [0.15, 0.2) is 0 Å². The summed E-state index contributed by atoms with van der Waals surface area (Å²) in [6, 6.07) is 0. The number of likely N-dealkylation sites (tertiary alicyclic amines) is 1. The van der Waals surface area contributed by atoms with E-state index in [4.69, 9.17) is 0 Å². The normalized spacial score (nSPS) is 21.5. The third kappa shape index (κ3) is 1.30. The van der Waals surface area contributed by atoms with Gasteiger partial charge in [0.2, 0.25) is 0 Å². The van der Waals surface area contributed by atoms with Crippen molar-refractivity contribution >= 4 is 6.29 Å². The Balaban J connectivity index is 2.14. The number of aldehydes is 1. The summed E-state index contributed by atoms with van der Waals surface area (Å²) >= 11 is 0. The second-order valence-electron chi connectivity index (χ2n) is 2.17. The van der Waals surface area contributed by atoms with Crippen LogP contribution in [0.2, 0.25) is 0 Å². The van der Waals surface area contributed by atoms with Crippen LogP contribution in [0.3, 0.4) is 0 Å². The van der Waals surface area contributed by atoms with Crippen LogP contribution in [-0.2, 0) is 4.79 Å². The maximum Gasteiger partial charge on any atom is 0.133 e. The van der Waals surface area contributed by atoms with Crippen LogP contribution in [-0.4, -0.2) is 30.8 Å². The first kappa shape index (κ1) is 5.76. The van der Waals surface area contributed by atoms with Crippen molar-refractivity contribution in [3.8, 4) is 0 Å². The van der Waals surface area contributed by atoms with Crippen molar-refractivity contribution in [3.63, 3.8) is 0 Å². The summed E-state index contributed by atoms with van der Waals surface area (Å²) in [5.74, 6) is 0. The Morgan fingerprint density at radius 3 is 2.50 bits per heavy atom. The molecule has 1 aliphatic heterocycles. The summed E-state index contributed by atoms with van der Waals surface area (Å²) in [7, 11) is 0. The molecule has 0 unspecified atom stereocenters. The third-order valence-electron chi connectivity index (χ3n) is 1.53. The Bertz CT molecular complexity index is 76.6. The summed E-state index contributed by atoms with van der Waals surface area (Å²) in [5.41, 5.74) is 0. The molecule has 0 radical (unpaired) electrons. The van der Waals surface area contributed by atoms with E-state index in [2.05, 4.69) is 4.90 Å². The molecule has 0 aromatic carbocycles. The Morgan fingerprint density at radius 1 is 1.38 bits per heavy atom. The number of carbonyl (C=O) groups is 1. The molecule has 1 aliphatic rings. The second kappa shape index (κ2) is 2.82. The molecule has 8 heavy (non-hydrogen) atoms. The standard InChI is InChI=1S/C6H11NO/c8-6-5-7-3-1-2-4-7/h6H,1-5H2. The first-order chi connectivity index (χ1) is 3.93. The summed E-state index contributed by atoms with van der Waals surface area (Å²) in [4.78, 5) is 12.1. The van der Waals surface area contributed by atoms with Crippen LogP contribution in [0.4, 0.5) is 0 Å². The molecule has 0 N–H and O–H groups in total. The molecular formula is C6H11NO. The van der Waals surface area contributed by atoms with Gasteiger partial charge in [-0.15, -0.1) is 0 Å². The largest absolute Gasteiger partial charge is 0.302 e. The average Bonchev–Trinajstić information content (AvgIpc) is 2.19. The molecule has 1 heterocycles. The van der Waals surface area contributed by atoms with Crippen molar-refractivity contribution in [2.75, 3.05) is 19.6 Å². The lowest BCUT2D eigenvalue weighted by atomic mass is 10.4. The zero-order valence-electron chi connectivity index (χ0n) is 4.97. The highest BCUT2D eigenvalue weighted by atomic mass is 16.1. The van der Waals surface area contributed by atoms with E-state index in [1.807, 2.05) is 0 Å². The summed E-state index contributed by atoms with van der Waals surface area (Å²) in [6.45, 7) is 2.89. The average molecular weight is 113 g/mol. The van der Waals surface area contributed by atoms with Crippen molar-refractivity contribution in [1.29, 1.82) is 0 Å². The Labute approximate surface area is 49.5 Å². The molecule has 0 aromatic heterocycles. The van der Waals surface area contributed by atoms with E-state index in [0.717, 1.165) is 19.4 Å². The van der Waals surface area contributed by atoms with E-state index in [1.165, 1.54) is 12.8 Å². The van der Waals surface area contributed by atoms with Crippen molar-refractivity contribution in [2.24, 2.45) is 0 Å². The van der Waals surface area contributed by atoms with Crippen molar-refractivity contribution in [3.05, 3.63) is 0 Å². The van der Waals surface area contributed by atoms with Gasteiger partial charge in [-0.1, -0.05) is 0 Å². The van der Waals surface area contributed by atoms with Crippen LogP contribution >= 0.6 is 0 Å². The van der Waals surface area contributed by atoms with Crippen LogP contribution in [0.5, 0.6) is 0 Å². The van der Waals surface area contributed by atoms with Crippen LogP contribution in [0.1, 0.15) is 12.8 Å². The molecule has 0 atom stereocenters. The molecule has 1 rings (SSSR count). The smallest absolute Gasteiger partial charge is 0.133 e. The number of rotatable bonds is 2. The van der Waals surface area contributed by atoms with Gasteiger partial charge >= 0.3 is 0 Å². The fourth-order valence-corrected chi connectivity index (χ4v) is 1.07. The lowest BCUT2D eigenvalue weighted by Gasteiger charge is -2.07. The number of hydrogen-bond donors (Lipinski definition) is 0. The van der Waals surface area contributed by atoms with Crippen LogP contribution in [0, 0.1) is 0 Å². The van der Waals surface area contributed by atoms with E-state index in [-0.39, 0.29) is 0 Å². The predicted molar refractivity (Wildman–Crippen MR) is 31.7 cm³/mol. The van der Waals surface area contributed by atoms with E-state index in [1.54, 1.807) is 0 Å². The first-order valence-electron chi connectivity index (χ1n) is 3.09. The SMILES string of the molecule is O=CCN1CCCC1. The zero-order chi connectivity index (χ0) is 5.82. The highest BCUT2D eigenvalue weighted by Gasteiger charge is 2.08. The lowest BCUT2D eigenvalue weighted by Crippen LogP contribution is -2.20. The van der Waals surface area contributed by atoms with E-state index < -0.39 is 0 Å². The summed E-state index contributed by atoms with van der Waals surface area (Å²) < 4.78 is 0. The van der Waals surface area contributed by atoms with Gasteiger partial charge in [-0.25, -0.2) is 0 Å². The molecule has 2 nitrogen and oxygen atoms in total. The number of hydrogen-bond acceptors (Lipinski definition) is 2. The molecule has 0 spiro atoms. The predicted octanol–water partition coefficient (Wildman–Crippen LogP) is 0.281. The van der Waals surface area contributed by atoms with Gasteiger partial charge in [0.25, 0.3) is 0 Å². The third-order valence-corrected chi connectivity index (χ3v) is 1.53. The Hall–Kier alpha value is -0.370. The Morgan fingerprint density at radius 2 is 2.00 bits per heavy atom. The lowest BCUT2D eigenvalue weighted by molar-refractivity contribution is -0.108. The van der Waals surface area contributed by atoms with Gasteiger partial charge < -0.3 is 4.79 Å². The van der Waals surface area contributed by atoms with E-state index in [0.29, 0.717) is 6.54 Å². The molecule has 0 amide bonds. The fourth-order valence-electron chi connectivity index (χ4n) is 1.07. The monoisotopic (exact) mass is 113 g/mol. The van der Waals surface area contributed by atoms with Gasteiger partial charge in [0.05, 0.1) is 6.54 Å². The van der Waals surface area contributed by atoms with Crippen LogP contribution in [0.15, 0.2) is 0 Å². The van der Waals surface area contributed by atoms with Crippen LogP contribution in [0.25, 0.3) is 0 Å². The quantitative estimate of drug-likeness (QED) is 0.479. The zero-order valence-corrected chi connectivity index (χ0v) is 4.97. The molecule has 0 bridgehead atoms. The summed E-state index contributed by atoms with van der Waals surface area (Å²) in [6.07, 6.45) is 3.52. The topological polar surface area (TPSA) is 20.3 Å². The first-order valence-corrected chi connectivity index (χ1v) is 3.09. The fraction of sp³-hybridized carbons (Fsp3) is 0.833. The highest BCUT2D eigenvalue weighted by molar-refractivity contribution is 5.51. The van der Waals surface area contributed by atoms with Gasteiger partial charge in [-0.2, -0.15) is 0 Å². The molecule has 0 aliphatic carbocycles. The summed E-state index contributed by atoms with van der Waals surface area (Å²) in [5, 5.41) is 0. The van der Waals surface area contributed by atoms with Crippen LogP contribution < -0.4 is 0 Å². The number of nitrogens with zero attached hydrogens (tertiary/aromatic N) is 1. The van der Waals surface area contributed by atoms with Gasteiger partial charge in [-0.3, -0.25) is 4.90 Å². The van der Waals surface area contributed by atoms with Gasteiger partial charge in [-0.05, 0) is 25.9 Å². The van der Waals surface area contributed by atoms with Crippen molar-refractivity contribution in [2.45, 2.75) is 12.8 Å². The Kier molecular flexibility index (Phi) is 2.03. The van der Waals surface area contributed by atoms with E-state index in [9.17, 15) is 4.79 Å². The minimum absolute atomic E-state index is 0.639. The second-order valence-corrected chi connectivity index (χ2v) is 2.17. The van der Waals surface area contributed by atoms with E-state index >= 15 is 0 Å². The molecule has 2 heteroatoms. The highest BCUT2D eigenvalue weighted by Crippen LogP contribution is 2.04. The minimum atomic E-state index is 0.639. The molecule has 46 valence electrons. The van der Waals surface area contributed by atoms with Crippen molar-refractivity contribution in [1.82, 2.24) is 4.90 Å². The van der Waals surface area contributed by atoms with Gasteiger partial charge in [0.1, 0.15) is 6.29 Å². The molecular weight excluding hydrogens is 102 g/mol. The molecule has 1 saturated heterocycles. The number of carbonyl (C=O) groups excluding carboxylic acids is 1. The van der Waals surface area contributed by atoms with Gasteiger partial charge in [0, 0.05) is 0 Å². The molecule has 0 saturated carbocycles. The molecule has 0 aromatic rings.